The van der Waals surface area contributed by atoms with Crippen LogP contribution in [0, 0.1) is 5.82 Å². The third-order valence-electron chi connectivity index (χ3n) is 2.86. The van der Waals surface area contributed by atoms with Crippen molar-refractivity contribution in [2.75, 3.05) is 17.8 Å². The molecule has 130 valence electrons. The van der Waals surface area contributed by atoms with Gasteiger partial charge in [0.1, 0.15) is 17.5 Å². The third kappa shape index (κ3) is 4.35. The lowest BCUT2D eigenvalue weighted by atomic mass is 10.1. The lowest BCUT2D eigenvalue weighted by Gasteiger charge is -2.09. The van der Waals surface area contributed by atoms with Crippen LogP contribution in [0.3, 0.4) is 0 Å². The number of carbonyl (C=O) groups is 1. The number of nitrogens with one attached hydrogen (secondary N) is 4. The molecule has 2 rings (SSSR count). The molecule has 0 unspecified atom stereocenters. The van der Waals surface area contributed by atoms with E-state index in [4.69, 9.17) is 0 Å². The molecule has 0 aliphatic heterocycles. The molecule has 24 heavy (non-hydrogen) atoms. The molecule has 0 bridgehead atoms. The molecule has 9 nitrogen and oxygen atoms in total. The molecule has 1 amide bonds. The van der Waals surface area contributed by atoms with E-state index in [1.54, 1.807) is 4.72 Å². The summed E-state index contributed by atoms with van der Waals surface area (Å²) in [5.74, 6) is -1.07. The number of aromatic amines is 2. The molecule has 0 aliphatic carbocycles. The summed E-state index contributed by atoms with van der Waals surface area (Å²) >= 11 is 0. The molecule has 11 heteroatoms. The fraction of sp³-hybridized carbons (Fsp3) is 0.231. The number of benzene rings is 1. The first-order valence-electron chi connectivity index (χ1n) is 6.80. The average Bonchev–Trinajstić information content (AvgIpc) is 2.87. The number of sulfonamides is 1. The lowest BCUT2D eigenvalue weighted by Crippen LogP contribution is -2.35. The number of H-pyrrole nitrogens is 2. The van der Waals surface area contributed by atoms with E-state index in [0.717, 1.165) is 0 Å². The number of hydrogen-bond acceptors (Lipinski definition) is 6. The van der Waals surface area contributed by atoms with Gasteiger partial charge in [0, 0.05) is 0 Å². The maximum atomic E-state index is 13.0. The van der Waals surface area contributed by atoms with E-state index in [9.17, 15) is 22.4 Å². The summed E-state index contributed by atoms with van der Waals surface area (Å²) in [7, 11) is -4.03. The molecule has 0 atom stereocenters. The Morgan fingerprint density at radius 1 is 1.25 bits per heavy atom. The maximum absolute atomic E-state index is 13.0. The molecule has 0 fully saturated rings. The highest BCUT2D eigenvalue weighted by atomic mass is 32.2. The Morgan fingerprint density at radius 2 is 1.92 bits per heavy atom. The van der Waals surface area contributed by atoms with Gasteiger partial charge in [-0.1, -0.05) is 12.1 Å². The van der Waals surface area contributed by atoms with Crippen molar-refractivity contribution in [3.63, 3.8) is 0 Å². The van der Waals surface area contributed by atoms with Gasteiger partial charge in [0.2, 0.25) is 0 Å². The predicted molar refractivity (Wildman–Crippen MR) is 84.4 cm³/mol. The number of rotatable bonds is 6. The van der Waals surface area contributed by atoms with E-state index < -0.39 is 33.4 Å². The topological polar surface area (TPSA) is 133 Å². The van der Waals surface area contributed by atoms with Crippen molar-refractivity contribution in [1.29, 1.82) is 0 Å². The van der Waals surface area contributed by atoms with Crippen molar-refractivity contribution >= 4 is 21.9 Å². The molecule has 0 saturated carbocycles. The van der Waals surface area contributed by atoms with E-state index in [1.807, 2.05) is 0 Å². The second kappa shape index (κ2) is 7.17. The molecule has 0 radical (unpaired) electrons. The quantitative estimate of drug-likeness (QED) is 0.608. The Morgan fingerprint density at radius 3 is 2.54 bits per heavy atom. The predicted octanol–water partition coefficient (Wildman–Crippen LogP) is 0.954. The minimum atomic E-state index is -4.03. The number of halogens is 1. The monoisotopic (exact) mass is 358 g/mol. The van der Waals surface area contributed by atoms with Crippen LogP contribution in [0.1, 0.15) is 6.92 Å². The van der Waals surface area contributed by atoms with Gasteiger partial charge in [0.25, 0.3) is 15.6 Å². The van der Waals surface area contributed by atoms with E-state index >= 15 is 0 Å². The summed E-state index contributed by atoms with van der Waals surface area (Å²) in [6, 6.07) is 5.10. The normalized spacial score (nSPS) is 11.1. The molecule has 0 aliphatic rings. The molecular weight excluding hydrogens is 343 g/mol. The Hall–Kier alpha value is -2.82. The largest absolute Gasteiger partial charge is 0.449 e. The van der Waals surface area contributed by atoms with Crippen LogP contribution in [-0.2, 0) is 14.8 Å². The van der Waals surface area contributed by atoms with Crippen LogP contribution < -0.4 is 15.6 Å². The molecule has 0 spiro atoms. The fourth-order valence-electron chi connectivity index (χ4n) is 1.87. The molecular formula is C13H15FN4O5S. The molecule has 4 N–H and O–H groups in total. The Bertz CT molecular complexity index is 873. The smallest absolute Gasteiger partial charge is 0.420 e. The molecule has 1 heterocycles. The number of ether oxygens (including phenoxy) is 1. The molecule has 1 aromatic carbocycles. The van der Waals surface area contributed by atoms with Crippen molar-refractivity contribution in [3.05, 3.63) is 40.4 Å². The minimum absolute atomic E-state index is 0.0224. The molecule has 0 saturated heterocycles. The van der Waals surface area contributed by atoms with Crippen LogP contribution in [0.2, 0.25) is 0 Å². The highest BCUT2D eigenvalue weighted by molar-refractivity contribution is 7.90. The van der Waals surface area contributed by atoms with Gasteiger partial charge in [-0.05, 0) is 24.6 Å². The van der Waals surface area contributed by atoms with Crippen LogP contribution in [0.25, 0.3) is 11.1 Å². The summed E-state index contributed by atoms with van der Waals surface area (Å²) in [6.45, 7) is 1.55. The van der Waals surface area contributed by atoms with Crippen LogP contribution in [0.4, 0.5) is 15.0 Å². The number of hydrogen-bond donors (Lipinski definition) is 4. The maximum Gasteiger partial charge on any atom is 0.420 e. The number of anilines is 1. The lowest BCUT2D eigenvalue weighted by molar-refractivity contribution is 0.158. The number of aromatic nitrogens is 2. The third-order valence-corrected chi connectivity index (χ3v) is 3.87. The zero-order chi connectivity index (χ0) is 17.7. The summed E-state index contributed by atoms with van der Waals surface area (Å²) in [5.41, 5.74) is -0.0154. The highest BCUT2D eigenvalue weighted by Gasteiger charge is 2.18. The van der Waals surface area contributed by atoms with Gasteiger partial charge in [-0.3, -0.25) is 15.0 Å². The Labute approximate surface area is 136 Å². The Balaban J connectivity index is 2.16. The average molecular weight is 358 g/mol. The van der Waals surface area contributed by atoms with E-state index in [2.05, 4.69) is 20.3 Å². The van der Waals surface area contributed by atoms with E-state index in [0.29, 0.717) is 5.56 Å². The van der Waals surface area contributed by atoms with Crippen LogP contribution >= 0.6 is 0 Å². The van der Waals surface area contributed by atoms with Crippen LogP contribution in [0.5, 0.6) is 0 Å². The van der Waals surface area contributed by atoms with Crippen LogP contribution in [0.15, 0.2) is 29.1 Å². The van der Waals surface area contributed by atoms with E-state index in [-0.39, 0.29) is 18.0 Å². The van der Waals surface area contributed by atoms with Gasteiger partial charge in [0.05, 0.1) is 12.2 Å². The first-order valence-corrected chi connectivity index (χ1v) is 8.45. The standard InChI is InChI=1S/C13H15FN4O5S/c1-2-23-13(20)18-24(21,22)7-15-11-10(12(19)17-16-11)8-3-5-9(14)6-4-8/h3-6H,2,7H2,1H3,(H,18,20)(H3,15,16,17,19). The second-order valence-corrected chi connectivity index (χ2v) is 6.32. The van der Waals surface area contributed by atoms with Gasteiger partial charge < -0.3 is 10.1 Å². The van der Waals surface area contributed by atoms with Crippen molar-refractivity contribution in [1.82, 2.24) is 14.9 Å². The summed E-state index contributed by atoms with van der Waals surface area (Å²) in [6.07, 6.45) is -1.10. The summed E-state index contributed by atoms with van der Waals surface area (Å²) in [4.78, 5) is 23.0. The molecule has 1 aromatic heterocycles. The minimum Gasteiger partial charge on any atom is -0.449 e. The van der Waals surface area contributed by atoms with Gasteiger partial charge in [-0.25, -0.2) is 22.3 Å². The number of carbonyl (C=O) groups excluding carboxylic acids is 1. The van der Waals surface area contributed by atoms with Crippen molar-refractivity contribution < 1.29 is 22.3 Å². The first-order chi connectivity index (χ1) is 11.3. The SMILES string of the molecule is CCOC(=O)NS(=O)(=O)CNc1[nH][nH]c(=O)c1-c1ccc(F)cc1. The van der Waals surface area contributed by atoms with Gasteiger partial charge in [-0.15, -0.1) is 0 Å². The summed E-state index contributed by atoms with van der Waals surface area (Å²) in [5, 5.41) is 7.29. The summed E-state index contributed by atoms with van der Waals surface area (Å²) < 4.78 is 42.7. The van der Waals surface area contributed by atoms with Gasteiger partial charge >= 0.3 is 6.09 Å². The van der Waals surface area contributed by atoms with Crippen molar-refractivity contribution in [2.24, 2.45) is 0 Å². The Kier molecular flexibility index (Phi) is 5.24. The second-order valence-electron chi connectivity index (χ2n) is 4.59. The van der Waals surface area contributed by atoms with Gasteiger partial charge in [0.15, 0.2) is 0 Å². The van der Waals surface area contributed by atoms with Crippen LogP contribution in [-0.4, -0.2) is 37.2 Å². The number of amides is 1. The highest BCUT2D eigenvalue weighted by Crippen LogP contribution is 2.22. The zero-order valence-corrected chi connectivity index (χ0v) is 13.4. The van der Waals surface area contributed by atoms with Crippen molar-refractivity contribution in [2.45, 2.75) is 6.92 Å². The van der Waals surface area contributed by atoms with E-state index in [1.165, 1.54) is 31.2 Å². The van der Waals surface area contributed by atoms with Crippen molar-refractivity contribution in [3.8, 4) is 11.1 Å². The van der Waals surface area contributed by atoms with Gasteiger partial charge in [-0.2, -0.15) is 0 Å². The fourth-order valence-corrected chi connectivity index (χ4v) is 2.59. The zero-order valence-electron chi connectivity index (χ0n) is 12.6. The molecule has 2 aromatic rings. The first kappa shape index (κ1) is 17.5.